The molecular formula is C9H13BrN4. The van der Waals surface area contributed by atoms with Gasteiger partial charge in [-0.2, -0.15) is 0 Å². The molecule has 0 aliphatic carbocycles. The minimum atomic E-state index is 0.800. The van der Waals surface area contributed by atoms with Gasteiger partial charge in [0.25, 0.3) is 0 Å². The maximum atomic E-state index is 4.38. The van der Waals surface area contributed by atoms with E-state index in [0.717, 1.165) is 36.6 Å². The van der Waals surface area contributed by atoms with Gasteiger partial charge in [0, 0.05) is 26.2 Å². The third kappa shape index (κ3) is 2.22. The van der Waals surface area contributed by atoms with Crippen molar-refractivity contribution in [1.82, 2.24) is 14.9 Å². The first-order valence-electron chi connectivity index (χ1n) is 4.67. The summed E-state index contributed by atoms with van der Waals surface area (Å²) in [6.45, 7) is 4.24. The molecule has 1 aromatic rings. The van der Waals surface area contributed by atoms with E-state index in [2.05, 4.69) is 42.7 Å². The molecule has 0 atom stereocenters. The SMILES string of the molecule is CN1CCN(c2cncc(Br)n2)CC1. The molecule has 1 fully saturated rings. The molecule has 0 bridgehead atoms. The largest absolute Gasteiger partial charge is 0.353 e. The zero-order valence-corrected chi connectivity index (χ0v) is 9.74. The number of nitrogens with zero attached hydrogens (tertiary/aromatic N) is 4. The monoisotopic (exact) mass is 256 g/mol. The van der Waals surface area contributed by atoms with Gasteiger partial charge in [0.15, 0.2) is 0 Å². The van der Waals surface area contributed by atoms with Crippen LogP contribution in [0.4, 0.5) is 5.82 Å². The maximum Gasteiger partial charge on any atom is 0.148 e. The minimum absolute atomic E-state index is 0.800. The standard InChI is InChI=1S/C9H13BrN4/c1-13-2-4-14(5-3-13)9-7-11-6-8(10)12-9/h6-7H,2-5H2,1H3. The highest BCUT2D eigenvalue weighted by Gasteiger charge is 2.15. The Labute approximate surface area is 92.1 Å². The van der Waals surface area contributed by atoms with Crippen LogP contribution in [0.3, 0.4) is 0 Å². The average molecular weight is 257 g/mol. The van der Waals surface area contributed by atoms with Gasteiger partial charge in [-0.25, -0.2) is 4.98 Å². The van der Waals surface area contributed by atoms with E-state index in [1.807, 2.05) is 6.20 Å². The number of rotatable bonds is 1. The van der Waals surface area contributed by atoms with E-state index in [1.165, 1.54) is 0 Å². The fourth-order valence-corrected chi connectivity index (χ4v) is 1.82. The molecule has 2 rings (SSSR count). The predicted molar refractivity (Wildman–Crippen MR) is 59.4 cm³/mol. The lowest BCUT2D eigenvalue weighted by Crippen LogP contribution is -2.44. The Kier molecular flexibility index (Phi) is 2.98. The number of anilines is 1. The Balaban J connectivity index is 2.08. The first-order valence-corrected chi connectivity index (χ1v) is 5.46. The summed E-state index contributed by atoms with van der Waals surface area (Å²) >= 11 is 3.33. The van der Waals surface area contributed by atoms with E-state index in [9.17, 15) is 0 Å². The molecule has 76 valence electrons. The van der Waals surface area contributed by atoms with E-state index >= 15 is 0 Å². The molecule has 1 aliphatic rings. The first-order chi connectivity index (χ1) is 6.75. The summed E-state index contributed by atoms with van der Waals surface area (Å²) < 4.78 is 0.800. The number of likely N-dealkylation sites (N-methyl/N-ethyl adjacent to an activating group) is 1. The fourth-order valence-electron chi connectivity index (χ4n) is 1.52. The number of hydrogen-bond acceptors (Lipinski definition) is 4. The van der Waals surface area contributed by atoms with Crippen molar-refractivity contribution >= 4 is 21.7 Å². The highest BCUT2D eigenvalue weighted by molar-refractivity contribution is 9.10. The van der Waals surface area contributed by atoms with E-state index in [-0.39, 0.29) is 0 Å². The van der Waals surface area contributed by atoms with E-state index < -0.39 is 0 Å². The highest BCUT2D eigenvalue weighted by Crippen LogP contribution is 2.14. The van der Waals surface area contributed by atoms with Gasteiger partial charge in [0.1, 0.15) is 10.4 Å². The summed E-state index contributed by atoms with van der Waals surface area (Å²) in [6.07, 6.45) is 3.52. The molecule has 0 amide bonds. The minimum Gasteiger partial charge on any atom is -0.353 e. The van der Waals surface area contributed by atoms with Gasteiger partial charge in [0.05, 0.1) is 12.4 Å². The van der Waals surface area contributed by atoms with Crippen molar-refractivity contribution in [1.29, 1.82) is 0 Å². The molecule has 0 unspecified atom stereocenters. The molecule has 0 saturated carbocycles. The van der Waals surface area contributed by atoms with Crippen LogP contribution < -0.4 is 4.90 Å². The highest BCUT2D eigenvalue weighted by atomic mass is 79.9. The van der Waals surface area contributed by atoms with Crippen LogP contribution in [-0.2, 0) is 0 Å². The molecule has 0 aromatic carbocycles. The van der Waals surface area contributed by atoms with Crippen LogP contribution in [0.5, 0.6) is 0 Å². The third-order valence-corrected chi connectivity index (χ3v) is 2.80. The molecule has 4 nitrogen and oxygen atoms in total. The average Bonchev–Trinajstić information content (AvgIpc) is 2.19. The number of aromatic nitrogens is 2. The summed E-state index contributed by atoms with van der Waals surface area (Å²) in [5.41, 5.74) is 0. The lowest BCUT2D eigenvalue weighted by Gasteiger charge is -2.32. The lowest BCUT2D eigenvalue weighted by molar-refractivity contribution is 0.312. The van der Waals surface area contributed by atoms with Crippen LogP contribution in [-0.4, -0.2) is 48.1 Å². The Morgan fingerprint density at radius 1 is 1.21 bits per heavy atom. The van der Waals surface area contributed by atoms with Gasteiger partial charge in [-0.05, 0) is 23.0 Å². The summed E-state index contributed by atoms with van der Waals surface area (Å²) in [4.78, 5) is 13.1. The normalized spacial score (nSPS) is 18.6. The maximum absolute atomic E-state index is 4.38. The van der Waals surface area contributed by atoms with Crippen LogP contribution in [0, 0.1) is 0 Å². The summed E-state index contributed by atoms with van der Waals surface area (Å²) in [5, 5.41) is 0. The smallest absolute Gasteiger partial charge is 0.148 e. The predicted octanol–water partition coefficient (Wildman–Crippen LogP) is 0.991. The second-order valence-electron chi connectivity index (χ2n) is 3.49. The fraction of sp³-hybridized carbons (Fsp3) is 0.556. The molecule has 0 N–H and O–H groups in total. The van der Waals surface area contributed by atoms with Gasteiger partial charge in [-0.3, -0.25) is 4.98 Å². The van der Waals surface area contributed by atoms with E-state index in [4.69, 9.17) is 0 Å². The molecule has 1 saturated heterocycles. The van der Waals surface area contributed by atoms with E-state index in [0.29, 0.717) is 0 Å². The molecule has 1 aromatic heterocycles. The molecule has 2 heterocycles. The second kappa shape index (κ2) is 4.23. The van der Waals surface area contributed by atoms with Gasteiger partial charge in [-0.1, -0.05) is 0 Å². The topological polar surface area (TPSA) is 32.3 Å². The molecular weight excluding hydrogens is 244 g/mol. The third-order valence-electron chi connectivity index (χ3n) is 2.42. The van der Waals surface area contributed by atoms with Crippen molar-refractivity contribution in [3.8, 4) is 0 Å². The summed E-state index contributed by atoms with van der Waals surface area (Å²) in [5.74, 6) is 0.965. The summed E-state index contributed by atoms with van der Waals surface area (Å²) in [6, 6.07) is 0. The molecule has 5 heteroatoms. The lowest BCUT2D eigenvalue weighted by atomic mass is 10.3. The Morgan fingerprint density at radius 2 is 1.93 bits per heavy atom. The van der Waals surface area contributed by atoms with Gasteiger partial charge in [0.2, 0.25) is 0 Å². The van der Waals surface area contributed by atoms with Crippen LogP contribution in [0.15, 0.2) is 17.0 Å². The number of hydrogen-bond donors (Lipinski definition) is 0. The van der Waals surface area contributed by atoms with Crippen LogP contribution in [0.2, 0.25) is 0 Å². The molecule has 14 heavy (non-hydrogen) atoms. The number of halogens is 1. The van der Waals surface area contributed by atoms with Crippen LogP contribution >= 0.6 is 15.9 Å². The van der Waals surface area contributed by atoms with Crippen molar-refractivity contribution < 1.29 is 0 Å². The quantitative estimate of drug-likeness (QED) is 0.751. The Hall–Kier alpha value is -0.680. The zero-order valence-electron chi connectivity index (χ0n) is 8.15. The summed E-state index contributed by atoms with van der Waals surface area (Å²) in [7, 11) is 2.14. The first kappa shape index (κ1) is 9.86. The molecule has 0 spiro atoms. The van der Waals surface area contributed by atoms with Crippen molar-refractivity contribution in [3.63, 3.8) is 0 Å². The van der Waals surface area contributed by atoms with Crippen molar-refractivity contribution in [2.24, 2.45) is 0 Å². The second-order valence-corrected chi connectivity index (χ2v) is 4.30. The molecule has 0 radical (unpaired) electrons. The van der Waals surface area contributed by atoms with Gasteiger partial charge in [-0.15, -0.1) is 0 Å². The Bertz CT molecular complexity index is 309. The van der Waals surface area contributed by atoms with Crippen molar-refractivity contribution in [3.05, 3.63) is 17.0 Å². The van der Waals surface area contributed by atoms with E-state index in [1.54, 1.807) is 6.20 Å². The van der Waals surface area contributed by atoms with Gasteiger partial charge >= 0.3 is 0 Å². The van der Waals surface area contributed by atoms with Crippen molar-refractivity contribution in [2.75, 3.05) is 38.1 Å². The van der Waals surface area contributed by atoms with Crippen LogP contribution in [0.1, 0.15) is 0 Å². The van der Waals surface area contributed by atoms with Crippen LogP contribution in [0.25, 0.3) is 0 Å². The van der Waals surface area contributed by atoms with Crippen molar-refractivity contribution in [2.45, 2.75) is 0 Å². The number of piperazine rings is 1. The molecule has 1 aliphatic heterocycles. The Morgan fingerprint density at radius 3 is 2.57 bits per heavy atom. The zero-order chi connectivity index (χ0) is 9.97. The van der Waals surface area contributed by atoms with Gasteiger partial charge < -0.3 is 9.80 Å².